The minimum Gasteiger partial charge on any atom is -0.488 e. The molecule has 0 heterocycles. The Balaban J connectivity index is 2.96. The Hall–Kier alpha value is -1.51. The normalized spacial score (nSPS) is 11.2. The van der Waals surface area contributed by atoms with E-state index >= 15 is 0 Å². The quantitative estimate of drug-likeness (QED) is 0.605. The fraction of sp³-hybridized carbons (Fsp3) is 0.462. The van der Waals surface area contributed by atoms with Crippen LogP contribution in [-0.2, 0) is 0 Å². The predicted octanol–water partition coefficient (Wildman–Crippen LogP) is 2.85. The van der Waals surface area contributed by atoms with E-state index in [4.69, 9.17) is 15.9 Å². The molecule has 3 heteroatoms. The molecular formula is C13H20N2O. The molecule has 0 atom stereocenters. The van der Waals surface area contributed by atoms with E-state index in [-0.39, 0.29) is 11.4 Å². The third-order valence-corrected chi connectivity index (χ3v) is 2.72. The molecule has 0 amide bonds. The van der Waals surface area contributed by atoms with Gasteiger partial charge in [0.05, 0.1) is 0 Å². The van der Waals surface area contributed by atoms with E-state index in [0.29, 0.717) is 0 Å². The molecule has 0 aromatic heterocycles. The first-order valence-electron chi connectivity index (χ1n) is 5.50. The molecule has 0 aliphatic heterocycles. The fourth-order valence-corrected chi connectivity index (χ4v) is 1.30. The van der Waals surface area contributed by atoms with Gasteiger partial charge in [-0.25, -0.2) is 0 Å². The number of nitrogens with two attached hydrogens (primary N) is 1. The average Bonchev–Trinajstić information content (AvgIpc) is 2.20. The van der Waals surface area contributed by atoms with Gasteiger partial charge in [0.25, 0.3) is 0 Å². The highest BCUT2D eigenvalue weighted by atomic mass is 16.5. The van der Waals surface area contributed by atoms with Crippen molar-refractivity contribution in [1.82, 2.24) is 0 Å². The highest BCUT2D eigenvalue weighted by Gasteiger charge is 2.17. The van der Waals surface area contributed by atoms with Crippen LogP contribution in [0.4, 0.5) is 0 Å². The molecule has 1 aromatic rings. The summed E-state index contributed by atoms with van der Waals surface area (Å²) in [6.45, 7) is 8.18. The summed E-state index contributed by atoms with van der Waals surface area (Å²) >= 11 is 0. The van der Waals surface area contributed by atoms with E-state index in [9.17, 15) is 0 Å². The molecular weight excluding hydrogens is 200 g/mol. The summed E-state index contributed by atoms with van der Waals surface area (Å²) in [4.78, 5) is 0. The third kappa shape index (κ3) is 2.99. The molecule has 1 aromatic carbocycles. The number of hydrogen-bond donors (Lipinski definition) is 2. The molecule has 3 nitrogen and oxygen atoms in total. The lowest BCUT2D eigenvalue weighted by molar-refractivity contribution is 0.104. The number of nitrogen functional groups attached to an aromatic ring is 1. The van der Waals surface area contributed by atoms with Crippen LogP contribution in [0.15, 0.2) is 18.2 Å². The minimum atomic E-state index is -0.164. The predicted molar refractivity (Wildman–Crippen MR) is 67.2 cm³/mol. The Morgan fingerprint density at radius 1 is 1.44 bits per heavy atom. The van der Waals surface area contributed by atoms with Crippen molar-refractivity contribution >= 4 is 5.84 Å². The van der Waals surface area contributed by atoms with Crippen molar-refractivity contribution in [2.75, 3.05) is 0 Å². The van der Waals surface area contributed by atoms with Crippen molar-refractivity contribution in [3.05, 3.63) is 29.3 Å². The van der Waals surface area contributed by atoms with Gasteiger partial charge < -0.3 is 10.5 Å². The summed E-state index contributed by atoms with van der Waals surface area (Å²) in [5.74, 6) is 0.946. The monoisotopic (exact) mass is 220 g/mol. The molecule has 0 fully saturated rings. The Kier molecular flexibility index (Phi) is 3.58. The first-order chi connectivity index (χ1) is 7.35. The highest BCUT2D eigenvalue weighted by Crippen LogP contribution is 2.25. The van der Waals surface area contributed by atoms with Crippen LogP contribution in [-0.4, -0.2) is 11.4 Å². The molecule has 3 N–H and O–H groups in total. The van der Waals surface area contributed by atoms with Gasteiger partial charge in [-0.05, 0) is 51.0 Å². The molecule has 0 saturated heterocycles. The fourth-order valence-electron chi connectivity index (χ4n) is 1.30. The van der Waals surface area contributed by atoms with Crippen LogP contribution in [0.2, 0.25) is 0 Å². The maximum absolute atomic E-state index is 7.36. The van der Waals surface area contributed by atoms with Crippen molar-refractivity contribution < 1.29 is 4.74 Å². The van der Waals surface area contributed by atoms with Crippen LogP contribution in [0.3, 0.4) is 0 Å². The lowest BCUT2D eigenvalue weighted by Crippen LogP contribution is -2.27. The van der Waals surface area contributed by atoms with Crippen LogP contribution >= 0.6 is 0 Å². The molecule has 0 spiro atoms. The summed E-state index contributed by atoms with van der Waals surface area (Å²) in [7, 11) is 0. The van der Waals surface area contributed by atoms with Gasteiger partial charge in [-0.1, -0.05) is 6.92 Å². The van der Waals surface area contributed by atoms with Crippen LogP contribution in [0.1, 0.15) is 38.3 Å². The lowest BCUT2D eigenvalue weighted by atomic mass is 10.1. The third-order valence-electron chi connectivity index (χ3n) is 2.72. The van der Waals surface area contributed by atoms with Crippen molar-refractivity contribution in [1.29, 1.82) is 5.41 Å². The summed E-state index contributed by atoms with van der Waals surface area (Å²) in [6, 6.07) is 5.57. The van der Waals surface area contributed by atoms with Crippen molar-refractivity contribution in [2.45, 2.75) is 39.7 Å². The first kappa shape index (κ1) is 12.6. The lowest BCUT2D eigenvalue weighted by Gasteiger charge is -2.26. The summed E-state index contributed by atoms with van der Waals surface area (Å²) in [6.07, 6.45) is 0.945. The molecule has 1 rings (SSSR count). The zero-order valence-electron chi connectivity index (χ0n) is 10.4. The molecule has 0 aliphatic rings. The van der Waals surface area contributed by atoms with E-state index in [0.717, 1.165) is 23.3 Å². The second-order valence-electron chi connectivity index (χ2n) is 4.61. The second kappa shape index (κ2) is 4.56. The van der Waals surface area contributed by atoms with Crippen molar-refractivity contribution in [3.8, 4) is 5.75 Å². The second-order valence-corrected chi connectivity index (χ2v) is 4.61. The topological polar surface area (TPSA) is 59.1 Å². The van der Waals surface area contributed by atoms with Gasteiger partial charge in [0.2, 0.25) is 0 Å². The molecule has 16 heavy (non-hydrogen) atoms. The maximum atomic E-state index is 7.36. The average molecular weight is 220 g/mol. The molecule has 88 valence electrons. The van der Waals surface area contributed by atoms with E-state index < -0.39 is 0 Å². The maximum Gasteiger partial charge on any atom is 0.123 e. The van der Waals surface area contributed by atoms with E-state index in [1.54, 1.807) is 0 Å². The number of rotatable bonds is 4. The molecule has 0 unspecified atom stereocenters. The number of ether oxygens (including phenoxy) is 1. The highest BCUT2D eigenvalue weighted by molar-refractivity contribution is 5.95. The van der Waals surface area contributed by atoms with Crippen LogP contribution < -0.4 is 10.5 Å². The zero-order valence-corrected chi connectivity index (χ0v) is 10.4. The van der Waals surface area contributed by atoms with Gasteiger partial charge in [0.1, 0.15) is 17.2 Å². The number of hydrogen-bond acceptors (Lipinski definition) is 2. The number of nitrogens with one attached hydrogen (secondary N) is 1. The van der Waals surface area contributed by atoms with Gasteiger partial charge >= 0.3 is 0 Å². The smallest absolute Gasteiger partial charge is 0.123 e. The Bertz CT molecular complexity index is 397. The van der Waals surface area contributed by atoms with Crippen molar-refractivity contribution in [2.24, 2.45) is 5.73 Å². The molecule has 0 radical (unpaired) electrons. The van der Waals surface area contributed by atoms with Crippen LogP contribution in [0, 0.1) is 12.3 Å². The van der Waals surface area contributed by atoms with Gasteiger partial charge in [0, 0.05) is 5.56 Å². The largest absolute Gasteiger partial charge is 0.488 e. The Morgan fingerprint density at radius 3 is 2.50 bits per heavy atom. The Labute approximate surface area is 97.1 Å². The van der Waals surface area contributed by atoms with E-state index in [2.05, 4.69) is 20.8 Å². The number of aryl methyl sites for hydroxylation is 1. The van der Waals surface area contributed by atoms with Gasteiger partial charge in [-0.2, -0.15) is 0 Å². The minimum absolute atomic E-state index is 0.0874. The number of benzene rings is 1. The van der Waals surface area contributed by atoms with Gasteiger partial charge in [0.15, 0.2) is 0 Å². The van der Waals surface area contributed by atoms with Crippen LogP contribution in [0.25, 0.3) is 0 Å². The van der Waals surface area contributed by atoms with E-state index in [1.165, 1.54) is 0 Å². The summed E-state index contributed by atoms with van der Waals surface area (Å²) < 4.78 is 5.91. The number of amidine groups is 1. The molecule has 0 bridgehead atoms. The first-order valence-corrected chi connectivity index (χ1v) is 5.50. The SMILES string of the molecule is CCC(C)(C)Oc1ccc(C(=N)N)cc1C. The van der Waals surface area contributed by atoms with Crippen LogP contribution in [0.5, 0.6) is 5.75 Å². The summed E-state index contributed by atoms with van der Waals surface area (Å²) in [5.41, 5.74) is 7.01. The standard InChI is InChI=1S/C13H20N2O/c1-5-13(3,4)16-11-7-6-10(12(14)15)8-9(11)2/h6-8H,5H2,1-4H3,(H3,14,15). The molecule has 0 saturated carbocycles. The van der Waals surface area contributed by atoms with Gasteiger partial charge in [-0.15, -0.1) is 0 Å². The zero-order chi connectivity index (χ0) is 12.3. The summed E-state index contributed by atoms with van der Waals surface area (Å²) in [5, 5.41) is 7.36. The van der Waals surface area contributed by atoms with Crippen molar-refractivity contribution in [3.63, 3.8) is 0 Å². The van der Waals surface area contributed by atoms with Gasteiger partial charge in [-0.3, -0.25) is 5.41 Å². The van der Waals surface area contributed by atoms with E-state index in [1.807, 2.05) is 25.1 Å². The Morgan fingerprint density at radius 2 is 2.06 bits per heavy atom. The molecule has 0 aliphatic carbocycles.